The molecule has 1 saturated carbocycles. The van der Waals surface area contributed by atoms with Gasteiger partial charge in [0, 0.05) is 54.7 Å². The number of likely N-dealkylation sites (tertiary alicyclic amines) is 1. The van der Waals surface area contributed by atoms with Crippen molar-refractivity contribution in [3.8, 4) is 11.1 Å². The number of alkyl carbamates (subject to hydrolysis) is 1. The molecule has 0 bridgehead atoms. The van der Waals surface area contributed by atoms with Crippen LogP contribution in [0.25, 0.3) is 22.0 Å². The minimum atomic E-state index is -5.08. The van der Waals surface area contributed by atoms with E-state index in [0.717, 1.165) is 40.4 Å². The smallest absolute Gasteiger partial charge is 0.475 e. The van der Waals surface area contributed by atoms with Gasteiger partial charge in [-0.1, -0.05) is 36.4 Å². The van der Waals surface area contributed by atoms with Gasteiger partial charge >= 0.3 is 24.3 Å². The number of benzene rings is 3. The molecule has 1 saturated heterocycles. The van der Waals surface area contributed by atoms with Crippen molar-refractivity contribution in [3.63, 3.8) is 0 Å². The number of halogens is 3. The number of carbonyl (C=O) groups is 6. The number of hydrogen-bond donors (Lipinski definition) is 6. The van der Waals surface area contributed by atoms with Crippen LogP contribution in [0.4, 0.5) is 28.4 Å². The second-order valence-electron chi connectivity index (χ2n) is 18.8. The fourth-order valence-electron chi connectivity index (χ4n) is 7.64. The van der Waals surface area contributed by atoms with Gasteiger partial charge in [-0.2, -0.15) is 18.3 Å². The molecule has 1 aliphatic heterocycles. The summed E-state index contributed by atoms with van der Waals surface area (Å²) in [4.78, 5) is 76.1. The second-order valence-corrected chi connectivity index (χ2v) is 18.8. The molecule has 0 unspecified atom stereocenters. The van der Waals surface area contributed by atoms with E-state index in [4.69, 9.17) is 19.4 Å². The number of nitrogens with zero attached hydrogens (tertiary/aromatic N) is 2. The third-order valence-corrected chi connectivity index (χ3v) is 11.1. The molecule has 5 amide bonds. The lowest BCUT2D eigenvalue weighted by atomic mass is 9.81. The van der Waals surface area contributed by atoms with Crippen molar-refractivity contribution in [1.29, 1.82) is 0 Å². The van der Waals surface area contributed by atoms with Gasteiger partial charge in [-0.3, -0.25) is 19.5 Å². The van der Waals surface area contributed by atoms with E-state index in [1.165, 1.54) is 0 Å². The molecular weight excluding hydrogens is 876 g/mol. The van der Waals surface area contributed by atoms with Gasteiger partial charge in [0.15, 0.2) is 0 Å². The number of anilines is 1. The summed E-state index contributed by atoms with van der Waals surface area (Å²) < 4.78 is 42.6. The third-order valence-electron chi connectivity index (χ3n) is 11.1. The third kappa shape index (κ3) is 16.3. The number of nitrogens with one attached hydrogen (secondary N) is 5. The molecule has 0 spiro atoms. The van der Waals surface area contributed by atoms with Gasteiger partial charge in [-0.05, 0) is 133 Å². The Morgan fingerprint density at radius 1 is 0.821 bits per heavy atom. The maximum absolute atomic E-state index is 13.9. The Bertz CT molecular complexity index is 2360. The Hall–Kier alpha value is -6.66. The minimum absolute atomic E-state index is 0.0466. The van der Waals surface area contributed by atoms with Crippen LogP contribution in [-0.2, 0) is 30.3 Å². The first kappa shape index (κ1) is 51.3. The van der Waals surface area contributed by atoms with Gasteiger partial charge in [0.2, 0.25) is 11.8 Å². The lowest BCUT2D eigenvalue weighted by molar-refractivity contribution is -0.192. The number of aromatic nitrogens is 2. The standard InChI is InChI=1S/C46H59N7O7.C2HF3O2/c1-45(2,3)59-43(57)47-27-29-10-12-32(13-11-29)41(55)51-39(42(56)50-37-19-18-35-28-48-52-38(35)26-37)25-30-8-7-9-34(24-30)31-14-16-33(17-15-31)40(54)49-36-20-22-53(23-21-36)44(58)60-46(4,5)6;3-2(4,5)1(6)7/h7-9,14-19,24,26,28-29,32,36,39H,10-13,20-23,25,27H2,1-6H3,(H,47,57)(H,48,52)(H,49,54)(H,50,56)(H,51,55);(H,6,7)/t29-,32-,39-;/m0./s1. The number of rotatable bonds is 11. The van der Waals surface area contributed by atoms with Crippen molar-refractivity contribution in [2.24, 2.45) is 11.8 Å². The maximum atomic E-state index is 13.9. The zero-order valence-corrected chi connectivity index (χ0v) is 38.6. The summed E-state index contributed by atoms with van der Waals surface area (Å²) in [5, 5.41) is 27.1. The molecule has 19 heteroatoms. The zero-order chi connectivity index (χ0) is 49.1. The Morgan fingerprint density at radius 2 is 1.46 bits per heavy atom. The number of fused-ring (bicyclic) bond motifs is 1. The van der Waals surface area contributed by atoms with E-state index in [0.29, 0.717) is 56.6 Å². The molecule has 6 N–H and O–H groups in total. The lowest BCUT2D eigenvalue weighted by Crippen LogP contribution is -2.48. The van der Waals surface area contributed by atoms with E-state index in [1.54, 1.807) is 29.3 Å². The molecular formula is C48H60F3N7O9. The first-order chi connectivity index (χ1) is 31.4. The number of alkyl halides is 3. The van der Waals surface area contributed by atoms with Crippen molar-refractivity contribution >= 4 is 52.5 Å². The van der Waals surface area contributed by atoms with Gasteiger partial charge in [0.25, 0.3) is 5.91 Å². The van der Waals surface area contributed by atoms with Gasteiger partial charge < -0.3 is 40.7 Å². The molecule has 3 aromatic carbocycles. The van der Waals surface area contributed by atoms with Crippen molar-refractivity contribution in [3.05, 3.63) is 84.1 Å². The Morgan fingerprint density at radius 3 is 2.07 bits per heavy atom. The summed E-state index contributed by atoms with van der Waals surface area (Å²) in [6.07, 6.45) is 0.221. The average Bonchev–Trinajstić information content (AvgIpc) is 3.73. The highest BCUT2D eigenvalue weighted by atomic mass is 19.4. The van der Waals surface area contributed by atoms with E-state index >= 15 is 0 Å². The molecule has 4 aromatic rings. The van der Waals surface area contributed by atoms with E-state index in [2.05, 4.69) is 31.5 Å². The fourth-order valence-corrected chi connectivity index (χ4v) is 7.64. The minimum Gasteiger partial charge on any atom is -0.475 e. The summed E-state index contributed by atoms with van der Waals surface area (Å²) in [6, 6.07) is 19.8. The summed E-state index contributed by atoms with van der Waals surface area (Å²) in [6.45, 7) is 12.5. The average molecular weight is 936 g/mol. The van der Waals surface area contributed by atoms with Gasteiger partial charge in [0.05, 0.1) is 11.7 Å². The van der Waals surface area contributed by atoms with Crippen LogP contribution in [0, 0.1) is 11.8 Å². The molecule has 362 valence electrons. The fraction of sp³-hybridized carbons (Fsp3) is 0.479. The number of carboxylic acid groups (broad SMARTS) is 1. The summed E-state index contributed by atoms with van der Waals surface area (Å²) >= 11 is 0. The number of piperidine rings is 1. The van der Waals surface area contributed by atoms with E-state index < -0.39 is 35.5 Å². The molecule has 6 rings (SSSR count). The first-order valence-corrected chi connectivity index (χ1v) is 22.2. The quantitative estimate of drug-likeness (QED) is 0.0851. The monoisotopic (exact) mass is 935 g/mol. The highest BCUT2D eigenvalue weighted by molar-refractivity contribution is 5.99. The van der Waals surface area contributed by atoms with E-state index in [-0.39, 0.29) is 48.1 Å². The second kappa shape index (κ2) is 22.2. The van der Waals surface area contributed by atoms with Crippen LogP contribution in [-0.4, -0.2) is 105 Å². The number of hydrogen-bond acceptors (Lipinski definition) is 9. The van der Waals surface area contributed by atoms with Crippen LogP contribution in [0.15, 0.2) is 72.9 Å². The van der Waals surface area contributed by atoms with Crippen LogP contribution in [0.5, 0.6) is 0 Å². The highest BCUT2D eigenvalue weighted by Crippen LogP contribution is 2.30. The molecule has 1 aromatic heterocycles. The van der Waals surface area contributed by atoms with Crippen molar-refractivity contribution in [2.75, 3.05) is 25.0 Å². The number of carbonyl (C=O) groups excluding carboxylic acids is 5. The number of ether oxygens (including phenoxy) is 2. The molecule has 0 radical (unpaired) electrons. The van der Waals surface area contributed by atoms with Crippen molar-refractivity contribution in [2.45, 2.75) is 116 Å². The highest BCUT2D eigenvalue weighted by Gasteiger charge is 2.38. The first-order valence-electron chi connectivity index (χ1n) is 22.2. The molecule has 16 nitrogen and oxygen atoms in total. The SMILES string of the molecule is CC(C)(C)OC(=O)NC[C@H]1CC[C@H](C(=O)N[C@@H](Cc2cccc(-c3ccc(C(=O)NC4CCN(C(=O)OC(C)(C)C)CC4)cc3)c2)C(=O)Nc2ccc3cn[nH]c3c2)CC1.O=C(O)C(F)(F)F. The van der Waals surface area contributed by atoms with Crippen LogP contribution >= 0.6 is 0 Å². The van der Waals surface area contributed by atoms with Crippen LogP contribution in [0.2, 0.25) is 0 Å². The summed E-state index contributed by atoms with van der Waals surface area (Å²) in [5.41, 5.74) is 3.42. The molecule has 1 aliphatic carbocycles. The number of carboxylic acids is 1. The predicted octanol–water partition coefficient (Wildman–Crippen LogP) is 7.99. The van der Waals surface area contributed by atoms with Crippen LogP contribution in [0.1, 0.15) is 96.0 Å². The Labute approximate surface area is 387 Å². The van der Waals surface area contributed by atoms with Crippen LogP contribution < -0.4 is 21.3 Å². The normalized spacial score (nSPS) is 17.2. The van der Waals surface area contributed by atoms with Crippen molar-refractivity contribution in [1.82, 2.24) is 31.0 Å². The topological polar surface area (TPSA) is 221 Å². The van der Waals surface area contributed by atoms with Gasteiger partial charge in [0.1, 0.15) is 17.2 Å². The number of H-pyrrole nitrogens is 1. The number of aromatic amines is 1. The lowest BCUT2D eigenvalue weighted by Gasteiger charge is -2.33. The predicted molar refractivity (Wildman–Crippen MR) is 244 cm³/mol. The molecule has 1 atom stereocenters. The maximum Gasteiger partial charge on any atom is 0.490 e. The van der Waals surface area contributed by atoms with E-state index in [1.807, 2.05) is 90.1 Å². The largest absolute Gasteiger partial charge is 0.490 e. The van der Waals surface area contributed by atoms with E-state index in [9.17, 15) is 37.1 Å². The molecule has 2 heterocycles. The van der Waals surface area contributed by atoms with Crippen molar-refractivity contribution < 1.29 is 56.5 Å². The Kier molecular flexibility index (Phi) is 17.0. The number of aliphatic carboxylic acids is 1. The zero-order valence-electron chi connectivity index (χ0n) is 38.6. The summed E-state index contributed by atoms with van der Waals surface area (Å²) in [7, 11) is 0. The van der Waals surface area contributed by atoms with Gasteiger partial charge in [-0.25, -0.2) is 14.4 Å². The Balaban J connectivity index is 0.00000111. The number of amides is 5. The van der Waals surface area contributed by atoms with Crippen LogP contribution in [0.3, 0.4) is 0 Å². The molecule has 2 aliphatic rings. The molecule has 67 heavy (non-hydrogen) atoms. The summed E-state index contributed by atoms with van der Waals surface area (Å²) in [5.74, 6) is -3.46. The van der Waals surface area contributed by atoms with Gasteiger partial charge in [-0.15, -0.1) is 0 Å². The molecule has 2 fully saturated rings.